The zero-order valence-electron chi connectivity index (χ0n) is 11.6. The number of rotatable bonds is 2. The second-order valence-electron chi connectivity index (χ2n) is 4.97. The lowest BCUT2D eigenvalue weighted by atomic mass is 10.1. The molecular formula is C14H13ClN4O2. The Kier molecular flexibility index (Phi) is 2.98. The first kappa shape index (κ1) is 13.6. The number of fused-ring (bicyclic) bond motifs is 1. The average Bonchev–Trinajstić information content (AvgIpc) is 2.81. The van der Waals surface area contributed by atoms with Crippen molar-refractivity contribution in [1.29, 1.82) is 0 Å². The van der Waals surface area contributed by atoms with Gasteiger partial charge in [0.05, 0.1) is 34.1 Å². The molecule has 0 unspecified atom stereocenters. The summed E-state index contributed by atoms with van der Waals surface area (Å²) in [5.74, 6) is -0.706. The molecule has 1 aromatic carbocycles. The zero-order chi connectivity index (χ0) is 15.3. The van der Waals surface area contributed by atoms with E-state index in [1.165, 1.54) is 6.07 Å². The van der Waals surface area contributed by atoms with Crippen LogP contribution in [0.5, 0.6) is 0 Å². The van der Waals surface area contributed by atoms with E-state index in [0.29, 0.717) is 33.2 Å². The van der Waals surface area contributed by atoms with Gasteiger partial charge in [-0.15, -0.1) is 0 Å². The number of nitrogens with two attached hydrogens (primary N) is 1. The lowest BCUT2D eigenvalue weighted by molar-refractivity contribution is 0.0639. The molecule has 0 radical (unpaired) electrons. The van der Waals surface area contributed by atoms with Gasteiger partial charge in [0.1, 0.15) is 0 Å². The summed E-state index contributed by atoms with van der Waals surface area (Å²) >= 11 is 6.17. The Morgan fingerprint density at radius 3 is 2.52 bits per heavy atom. The highest BCUT2D eigenvalue weighted by molar-refractivity contribution is 6.32. The number of aryl methyl sites for hydroxylation is 2. The van der Waals surface area contributed by atoms with Crippen molar-refractivity contribution in [2.45, 2.75) is 13.5 Å². The van der Waals surface area contributed by atoms with Crippen LogP contribution < -0.4 is 5.73 Å². The van der Waals surface area contributed by atoms with Crippen LogP contribution in [-0.2, 0) is 13.6 Å². The van der Waals surface area contributed by atoms with Gasteiger partial charge >= 0.3 is 0 Å². The maximum absolute atomic E-state index is 12.4. The van der Waals surface area contributed by atoms with Crippen LogP contribution in [0.1, 0.15) is 32.1 Å². The molecule has 1 aliphatic rings. The van der Waals surface area contributed by atoms with Gasteiger partial charge in [0.15, 0.2) is 0 Å². The summed E-state index contributed by atoms with van der Waals surface area (Å²) < 4.78 is 1.58. The topological polar surface area (TPSA) is 81.2 Å². The van der Waals surface area contributed by atoms with Gasteiger partial charge in [-0.25, -0.2) is 0 Å². The van der Waals surface area contributed by atoms with E-state index in [1.54, 1.807) is 30.8 Å². The average molecular weight is 305 g/mol. The lowest BCUT2D eigenvalue weighted by Gasteiger charge is -2.14. The van der Waals surface area contributed by atoms with Crippen molar-refractivity contribution < 1.29 is 9.59 Å². The Hall–Kier alpha value is -2.34. The number of hydrogen-bond acceptors (Lipinski definition) is 4. The Morgan fingerprint density at radius 1 is 1.24 bits per heavy atom. The standard InChI is InChI=1S/C14H13ClN4O2/c1-7-12(15)11(18(2)17-7)6-19-13(20)9-4-3-8(16)5-10(9)14(19)21/h3-5H,6,16H2,1-2H3. The zero-order valence-corrected chi connectivity index (χ0v) is 12.3. The van der Waals surface area contributed by atoms with E-state index in [1.807, 2.05) is 0 Å². The third kappa shape index (κ3) is 1.99. The van der Waals surface area contributed by atoms with E-state index in [4.69, 9.17) is 17.3 Å². The highest BCUT2D eigenvalue weighted by Crippen LogP contribution is 2.28. The van der Waals surface area contributed by atoms with Gasteiger partial charge in [0, 0.05) is 12.7 Å². The fraction of sp³-hybridized carbons (Fsp3) is 0.214. The molecule has 0 aliphatic carbocycles. The molecule has 2 N–H and O–H groups in total. The van der Waals surface area contributed by atoms with Crippen LogP contribution in [0.25, 0.3) is 0 Å². The van der Waals surface area contributed by atoms with Gasteiger partial charge in [0.2, 0.25) is 0 Å². The number of nitrogen functional groups attached to an aromatic ring is 1. The SMILES string of the molecule is Cc1nn(C)c(CN2C(=O)c3ccc(N)cc3C2=O)c1Cl. The van der Waals surface area contributed by atoms with Crippen LogP contribution in [0.3, 0.4) is 0 Å². The van der Waals surface area contributed by atoms with Crippen molar-refractivity contribution in [3.8, 4) is 0 Å². The van der Waals surface area contributed by atoms with Crippen LogP contribution in [0, 0.1) is 6.92 Å². The maximum Gasteiger partial charge on any atom is 0.261 e. The molecule has 0 spiro atoms. The second-order valence-corrected chi connectivity index (χ2v) is 5.35. The first-order chi connectivity index (χ1) is 9.90. The number of nitrogens with zero attached hydrogens (tertiary/aromatic N) is 3. The molecule has 0 saturated heterocycles. The summed E-state index contributed by atoms with van der Waals surface area (Å²) in [5.41, 5.74) is 8.10. The van der Waals surface area contributed by atoms with E-state index in [0.717, 1.165) is 4.90 Å². The summed E-state index contributed by atoms with van der Waals surface area (Å²) in [6.45, 7) is 1.86. The quantitative estimate of drug-likeness (QED) is 0.677. The van der Waals surface area contributed by atoms with Crippen molar-refractivity contribution in [2.24, 2.45) is 7.05 Å². The number of imide groups is 1. The van der Waals surface area contributed by atoms with Crippen LogP contribution in [0.4, 0.5) is 5.69 Å². The van der Waals surface area contributed by atoms with E-state index in [9.17, 15) is 9.59 Å². The van der Waals surface area contributed by atoms with Crippen molar-refractivity contribution in [3.05, 3.63) is 45.7 Å². The minimum atomic E-state index is -0.364. The predicted octanol–water partition coefficient (Wildman–Crippen LogP) is 1.76. The normalized spacial score (nSPS) is 14.0. The van der Waals surface area contributed by atoms with Gasteiger partial charge in [-0.3, -0.25) is 19.2 Å². The highest BCUT2D eigenvalue weighted by atomic mass is 35.5. The molecule has 0 bridgehead atoms. The first-order valence-corrected chi connectivity index (χ1v) is 6.71. The summed E-state index contributed by atoms with van der Waals surface area (Å²) in [7, 11) is 1.73. The summed E-state index contributed by atoms with van der Waals surface area (Å²) in [6.07, 6.45) is 0. The molecule has 2 aromatic rings. The lowest BCUT2D eigenvalue weighted by Crippen LogP contribution is -2.30. The Morgan fingerprint density at radius 2 is 1.90 bits per heavy atom. The Labute approximate surface area is 126 Å². The fourth-order valence-electron chi connectivity index (χ4n) is 2.45. The molecule has 108 valence electrons. The summed E-state index contributed by atoms with van der Waals surface area (Å²) in [6, 6.07) is 4.70. The van der Waals surface area contributed by atoms with Crippen molar-refractivity contribution in [1.82, 2.24) is 14.7 Å². The molecule has 2 amide bonds. The summed E-state index contributed by atoms with van der Waals surface area (Å²) in [5, 5.41) is 4.65. The van der Waals surface area contributed by atoms with Crippen LogP contribution in [-0.4, -0.2) is 26.5 Å². The largest absolute Gasteiger partial charge is 0.399 e. The second kappa shape index (κ2) is 4.60. The maximum atomic E-state index is 12.4. The predicted molar refractivity (Wildman–Crippen MR) is 78.0 cm³/mol. The van der Waals surface area contributed by atoms with Crippen molar-refractivity contribution >= 4 is 29.1 Å². The number of benzene rings is 1. The smallest absolute Gasteiger partial charge is 0.261 e. The van der Waals surface area contributed by atoms with Crippen LogP contribution in [0.15, 0.2) is 18.2 Å². The first-order valence-electron chi connectivity index (χ1n) is 6.34. The number of amides is 2. The molecule has 1 aromatic heterocycles. The number of hydrogen-bond donors (Lipinski definition) is 1. The third-order valence-electron chi connectivity index (χ3n) is 3.56. The number of carbonyl (C=O) groups excluding carboxylic acids is 2. The van der Waals surface area contributed by atoms with Gasteiger partial charge in [0.25, 0.3) is 11.8 Å². The van der Waals surface area contributed by atoms with Gasteiger partial charge in [-0.2, -0.15) is 5.10 Å². The van der Waals surface area contributed by atoms with Gasteiger partial charge in [-0.1, -0.05) is 11.6 Å². The number of aromatic nitrogens is 2. The van der Waals surface area contributed by atoms with Gasteiger partial charge < -0.3 is 5.73 Å². The number of halogens is 1. The molecular weight excluding hydrogens is 292 g/mol. The Balaban J connectivity index is 1.99. The van der Waals surface area contributed by atoms with Crippen molar-refractivity contribution in [2.75, 3.05) is 5.73 Å². The monoisotopic (exact) mass is 304 g/mol. The minimum absolute atomic E-state index is 0.0857. The molecule has 1 aliphatic heterocycles. The van der Waals surface area contributed by atoms with Crippen LogP contribution >= 0.6 is 11.6 Å². The molecule has 7 heteroatoms. The summed E-state index contributed by atoms with van der Waals surface area (Å²) in [4.78, 5) is 25.9. The molecule has 0 fully saturated rings. The van der Waals surface area contributed by atoms with E-state index >= 15 is 0 Å². The molecule has 0 saturated carbocycles. The van der Waals surface area contributed by atoms with Crippen molar-refractivity contribution in [3.63, 3.8) is 0 Å². The molecule has 3 rings (SSSR count). The Bertz CT molecular complexity index is 782. The fourth-order valence-corrected chi connectivity index (χ4v) is 2.67. The number of anilines is 1. The molecule has 6 nitrogen and oxygen atoms in total. The van der Waals surface area contributed by atoms with Crippen LogP contribution in [0.2, 0.25) is 5.02 Å². The van der Waals surface area contributed by atoms with E-state index in [2.05, 4.69) is 5.10 Å². The van der Waals surface area contributed by atoms with E-state index < -0.39 is 0 Å². The van der Waals surface area contributed by atoms with Gasteiger partial charge in [-0.05, 0) is 25.1 Å². The molecule has 21 heavy (non-hydrogen) atoms. The molecule has 0 atom stereocenters. The number of carbonyl (C=O) groups is 2. The van der Waals surface area contributed by atoms with E-state index in [-0.39, 0.29) is 18.4 Å². The minimum Gasteiger partial charge on any atom is -0.399 e. The molecule has 2 heterocycles. The third-order valence-corrected chi connectivity index (χ3v) is 4.06. The highest BCUT2D eigenvalue weighted by Gasteiger charge is 2.36.